The first-order valence-electron chi connectivity index (χ1n) is 9.74. The van der Waals surface area contributed by atoms with Crippen LogP contribution in [0.15, 0.2) is 37.1 Å². The summed E-state index contributed by atoms with van der Waals surface area (Å²) in [6.45, 7) is 6.12. The van der Waals surface area contributed by atoms with Gasteiger partial charge in [0.25, 0.3) is 5.88 Å². The van der Waals surface area contributed by atoms with Crippen molar-refractivity contribution in [3.8, 4) is 28.9 Å². The number of hydrogen-bond donors (Lipinski definition) is 0. The van der Waals surface area contributed by atoms with Crippen molar-refractivity contribution in [2.24, 2.45) is 5.92 Å². The summed E-state index contributed by atoms with van der Waals surface area (Å²) in [5.74, 6) is 0.278. The second kappa shape index (κ2) is 8.13. The topological polar surface area (TPSA) is 97.0 Å². The number of carbonyl (C=O) groups is 1. The van der Waals surface area contributed by atoms with Gasteiger partial charge in [-0.2, -0.15) is 4.98 Å². The minimum absolute atomic E-state index is 0.0470. The highest BCUT2D eigenvalue weighted by molar-refractivity contribution is 5.82. The van der Waals surface area contributed by atoms with Crippen LogP contribution in [0.3, 0.4) is 0 Å². The van der Waals surface area contributed by atoms with E-state index < -0.39 is 5.82 Å². The third kappa shape index (κ3) is 3.72. The number of methoxy groups -OCH3 is 1. The quantitative estimate of drug-likeness (QED) is 0.462. The van der Waals surface area contributed by atoms with Gasteiger partial charge in [-0.05, 0) is 19.1 Å². The normalized spacial score (nSPS) is 11.3. The van der Waals surface area contributed by atoms with E-state index >= 15 is 0 Å². The molecule has 0 aliphatic heterocycles. The van der Waals surface area contributed by atoms with Crippen LogP contribution >= 0.6 is 0 Å². The summed E-state index contributed by atoms with van der Waals surface area (Å²) in [4.78, 5) is 29.3. The summed E-state index contributed by atoms with van der Waals surface area (Å²) in [6, 6.07) is 2.99. The van der Waals surface area contributed by atoms with Crippen LogP contribution in [-0.4, -0.2) is 42.1 Å². The molecule has 0 saturated carbocycles. The van der Waals surface area contributed by atoms with Crippen molar-refractivity contribution < 1.29 is 18.7 Å². The molecular weight excluding hydrogens is 403 g/mol. The molecule has 0 aliphatic carbocycles. The highest BCUT2D eigenvalue weighted by Crippen LogP contribution is 2.31. The number of fused-ring (bicyclic) bond motifs is 1. The Bertz CT molecular complexity index is 1260. The van der Waals surface area contributed by atoms with Gasteiger partial charge in [-0.15, -0.1) is 0 Å². The van der Waals surface area contributed by atoms with Gasteiger partial charge < -0.3 is 14.0 Å². The first-order valence-corrected chi connectivity index (χ1v) is 9.74. The zero-order chi connectivity index (χ0) is 22.1. The number of halogens is 1. The molecule has 0 N–H and O–H groups in total. The molecule has 0 aromatic carbocycles. The molecule has 4 rings (SSSR count). The fourth-order valence-electron chi connectivity index (χ4n) is 3.19. The van der Waals surface area contributed by atoms with Crippen molar-refractivity contribution >= 4 is 17.1 Å². The Kier molecular flexibility index (Phi) is 5.37. The van der Waals surface area contributed by atoms with Gasteiger partial charge in [-0.1, -0.05) is 13.8 Å². The predicted octanol–water partition coefficient (Wildman–Crippen LogP) is 3.95. The van der Waals surface area contributed by atoms with Crippen molar-refractivity contribution in [2.75, 3.05) is 7.11 Å². The van der Waals surface area contributed by atoms with E-state index in [2.05, 4.69) is 19.9 Å². The standard InChI is InChI=1S/C21H21FN6O3/c1-5-28-17(13-8-15(22)19(30-4)23-9-13)26-16-18(28)24-11-25-20(16)31-14-6-7-27(10-14)21(29)12(2)3/h6-12H,5H2,1-4H3. The van der Waals surface area contributed by atoms with Gasteiger partial charge in [0.2, 0.25) is 11.8 Å². The summed E-state index contributed by atoms with van der Waals surface area (Å²) < 4.78 is 28.3. The van der Waals surface area contributed by atoms with Crippen LogP contribution < -0.4 is 9.47 Å². The number of hydrogen-bond acceptors (Lipinski definition) is 7. The zero-order valence-electron chi connectivity index (χ0n) is 17.5. The highest BCUT2D eigenvalue weighted by Gasteiger charge is 2.20. The van der Waals surface area contributed by atoms with Crippen LogP contribution in [0, 0.1) is 11.7 Å². The Balaban J connectivity index is 1.75. The van der Waals surface area contributed by atoms with Crippen LogP contribution in [0.25, 0.3) is 22.6 Å². The van der Waals surface area contributed by atoms with E-state index in [1.54, 1.807) is 18.5 Å². The minimum atomic E-state index is -0.589. The lowest BCUT2D eigenvalue weighted by Gasteiger charge is -2.06. The molecule has 0 saturated heterocycles. The number of carbonyl (C=O) groups excluding carboxylic acids is 1. The summed E-state index contributed by atoms with van der Waals surface area (Å²) >= 11 is 0. The molecule has 9 nitrogen and oxygen atoms in total. The molecule has 0 radical (unpaired) electrons. The van der Waals surface area contributed by atoms with E-state index in [1.165, 1.54) is 30.3 Å². The van der Waals surface area contributed by atoms with Crippen molar-refractivity contribution in [1.82, 2.24) is 29.1 Å². The smallest absolute Gasteiger partial charge is 0.251 e. The number of imidazole rings is 1. The fourth-order valence-corrected chi connectivity index (χ4v) is 3.19. The molecule has 0 atom stereocenters. The van der Waals surface area contributed by atoms with E-state index in [1.807, 2.05) is 25.3 Å². The Hall–Kier alpha value is -3.82. The van der Waals surface area contributed by atoms with Crippen LogP contribution in [0.4, 0.5) is 4.39 Å². The highest BCUT2D eigenvalue weighted by atomic mass is 19.1. The Morgan fingerprint density at radius 3 is 2.71 bits per heavy atom. The SMILES string of the molecule is CCn1c(-c2cnc(OC)c(F)c2)nc2c(Oc3ccn(C(=O)C(C)C)c3)ncnc21. The minimum Gasteiger partial charge on any atom is -0.479 e. The van der Waals surface area contributed by atoms with Gasteiger partial charge in [0.15, 0.2) is 17.0 Å². The van der Waals surface area contributed by atoms with Gasteiger partial charge in [-0.25, -0.2) is 19.3 Å². The largest absolute Gasteiger partial charge is 0.479 e. The third-order valence-electron chi connectivity index (χ3n) is 4.70. The lowest BCUT2D eigenvalue weighted by atomic mass is 10.2. The number of aryl methyl sites for hydroxylation is 1. The second-order valence-electron chi connectivity index (χ2n) is 7.10. The summed E-state index contributed by atoms with van der Waals surface area (Å²) in [7, 11) is 1.35. The Morgan fingerprint density at radius 1 is 1.23 bits per heavy atom. The summed E-state index contributed by atoms with van der Waals surface area (Å²) in [6.07, 6.45) is 6.09. The first kappa shape index (κ1) is 20.5. The molecule has 31 heavy (non-hydrogen) atoms. The molecule has 4 heterocycles. The van der Waals surface area contributed by atoms with Gasteiger partial charge in [0, 0.05) is 30.4 Å². The number of nitrogens with zero attached hydrogens (tertiary/aromatic N) is 6. The first-order chi connectivity index (χ1) is 14.9. The zero-order valence-corrected chi connectivity index (χ0v) is 17.5. The number of aromatic nitrogens is 6. The average Bonchev–Trinajstić information content (AvgIpc) is 3.38. The van der Waals surface area contributed by atoms with Crippen molar-refractivity contribution in [3.63, 3.8) is 0 Å². The van der Waals surface area contributed by atoms with Gasteiger partial charge >= 0.3 is 0 Å². The molecule has 0 fully saturated rings. The molecule has 0 unspecified atom stereocenters. The van der Waals surface area contributed by atoms with Gasteiger partial charge in [0.05, 0.1) is 13.3 Å². The van der Waals surface area contributed by atoms with Gasteiger partial charge in [0.1, 0.15) is 17.9 Å². The molecule has 4 aromatic heterocycles. The molecule has 0 amide bonds. The fraction of sp³-hybridized carbons (Fsp3) is 0.286. The molecule has 0 aliphatic rings. The maximum atomic E-state index is 14.2. The molecule has 0 spiro atoms. The van der Waals surface area contributed by atoms with E-state index in [0.717, 1.165) is 0 Å². The lowest BCUT2D eigenvalue weighted by molar-refractivity contribution is 0.0855. The number of rotatable bonds is 6. The average molecular weight is 424 g/mol. The Morgan fingerprint density at radius 2 is 2.03 bits per heavy atom. The van der Waals surface area contributed by atoms with E-state index in [9.17, 15) is 9.18 Å². The van der Waals surface area contributed by atoms with E-state index in [-0.39, 0.29) is 23.6 Å². The third-order valence-corrected chi connectivity index (χ3v) is 4.70. The van der Waals surface area contributed by atoms with E-state index in [4.69, 9.17) is 9.47 Å². The van der Waals surface area contributed by atoms with Crippen LogP contribution in [0.1, 0.15) is 25.6 Å². The monoisotopic (exact) mass is 424 g/mol. The molecule has 10 heteroatoms. The maximum Gasteiger partial charge on any atom is 0.251 e. The lowest BCUT2D eigenvalue weighted by Crippen LogP contribution is -2.14. The second-order valence-corrected chi connectivity index (χ2v) is 7.10. The van der Waals surface area contributed by atoms with Crippen molar-refractivity contribution in [1.29, 1.82) is 0 Å². The molecule has 4 aromatic rings. The maximum absolute atomic E-state index is 14.2. The molecule has 0 bridgehead atoms. The Labute approximate surface area is 177 Å². The van der Waals surface area contributed by atoms with Gasteiger partial charge in [-0.3, -0.25) is 9.36 Å². The van der Waals surface area contributed by atoms with E-state index in [0.29, 0.717) is 34.8 Å². The van der Waals surface area contributed by atoms with Crippen LogP contribution in [0.2, 0.25) is 0 Å². The van der Waals surface area contributed by atoms with Crippen LogP contribution in [-0.2, 0) is 6.54 Å². The number of pyridine rings is 1. The predicted molar refractivity (Wildman–Crippen MR) is 111 cm³/mol. The van der Waals surface area contributed by atoms with Crippen molar-refractivity contribution in [2.45, 2.75) is 27.3 Å². The summed E-state index contributed by atoms with van der Waals surface area (Å²) in [5, 5.41) is 0. The van der Waals surface area contributed by atoms with Crippen LogP contribution in [0.5, 0.6) is 17.5 Å². The molecular formula is C21H21FN6O3. The summed E-state index contributed by atoms with van der Waals surface area (Å²) in [5.41, 5.74) is 1.42. The van der Waals surface area contributed by atoms with Crippen molar-refractivity contribution in [3.05, 3.63) is 42.9 Å². The molecule has 160 valence electrons. The number of ether oxygens (including phenoxy) is 2.